The largest absolute Gasteiger partial charge is 0.394 e. The van der Waals surface area contributed by atoms with E-state index >= 15 is 4.39 Å². The third kappa shape index (κ3) is 3.11. The van der Waals surface area contributed by atoms with Crippen molar-refractivity contribution in [2.75, 3.05) is 24.6 Å². The number of anilines is 1. The van der Waals surface area contributed by atoms with Gasteiger partial charge in [0.1, 0.15) is 6.17 Å². The van der Waals surface area contributed by atoms with Gasteiger partial charge in [0.15, 0.2) is 5.82 Å². The molecule has 11 heteroatoms. The molecule has 2 aliphatic rings. The van der Waals surface area contributed by atoms with Crippen molar-refractivity contribution in [3.63, 3.8) is 0 Å². The lowest BCUT2D eigenvalue weighted by Crippen LogP contribution is -2.33. The van der Waals surface area contributed by atoms with Gasteiger partial charge in [-0.2, -0.15) is 0 Å². The molecule has 1 saturated heterocycles. The third-order valence-corrected chi connectivity index (χ3v) is 5.99. The summed E-state index contributed by atoms with van der Waals surface area (Å²) in [6, 6.07) is -0.296. The van der Waals surface area contributed by atoms with Gasteiger partial charge >= 0.3 is 5.69 Å². The van der Waals surface area contributed by atoms with Crippen molar-refractivity contribution in [3.8, 4) is 0 Å². The Bertz CT molecular complexity index is 1110. The SMILES string of the molecule is Cc1c(N2CC(F)C(C(O)CO)C2)c(F)c(C(F)F)c2c(=O)[nH]c(=O)n(C3CC3)c12. The first kappa shape index (κ1) is 20.9. The molecule has 3 unspecified atom stereocenters. The molecule has 1 aliphatic carbocycles. The summed E-state index contributed by atoms with van der Waals surface area (Å²) in [6.07, 6.45) is -5.14. The molecule has 0 bridgehead atoms. The van der Waals surface area contributed by atoms with Crippen LogP contribution in [-0.2, 0) is 0 Å². The number of nitrogens with one attached hydrogen (secondary N) is 1. The molecule has 2 fully saturated rings. The highest BCUT2D eigenvalue weighted by molar-refractivity contribution is 5.90. The summed E-state index contributed by atoms with van der Waals surface area (Å²) >= 11 is 0. The highest BCUT2D eigenvalue weighted by atomic mass is 19.3. The minimum absolute atomic E-state index is 0.0772. The predicted molar refractivity (Wildman–Crippen MR) is 100 cm³/mol. The van der Waals surface area contributed by atoms with Crippen LogP contribution in [0.5, 0.6) is 0 Å². The molecule has 3 atom stereocenters. The number of aliphatic hydroxyl groups is 2. The normalized spacial score (nSPS) is 23.0. The van der Waals surface area contributed by atoms with Gasteiger partial charge in [-0.05, 0) is 19.8 Å². The van der Waals surface area contributed by atoms with Gasteiger partial charge in [-0.1, -0.05) is 0 Å². The van der Waals surface area contributed by atoms with Crippen molar-refractivity contribution in [2.45, 2.75) is 44.5 Å². The number of benzene rings is 1. The number of halogens is 4. The molecule has 1 aromatic carbocycles. The Kier molecular flexibility index (Phi) is 5.13. The van der Waals surface area contributed by atoms with E-state index < -0.39 is 59.2 Å². The number of H-pyrrole nitrogens is 1. The van der Waals surface area contributed by atoms with Crippen molar-refractivity contribution < 1.29 is 27.8 Å². The summed E-state index contributed by atoms with van der Waals surface area (Å²) in [5.41, 5.74) is -3.34. The van der Waals surface area contributed by atoms with E-state index in [1.54, 1.807) is 0 Å². The lowest BCUT2D eigenvalue weighted by Gasteiger charge is -2.26. The molecule has 30 heavy (non-hydrogen) atoms. The molecule has 2 aromatic rings. The fourth-order valence-corrected chi connectivity index (χ4v) is 4.41. The van der Waals surface area contributed by atoms with E-state index in [1.807, 2.05) is 4.98 Å². The zero-order chi connectivity index (χ0) is 21.9. The molecule has 1 aliphatic heterocycles. The van der Waals surface area contributed by atoms with E-state index in [1.165, 1.54) is 16.4 Å². The number of aliphatic hydroxyl groups excluding tert-OH is 2. The maximum atomic E-state index is 15.3. The Morgan fingerprint density at radius 3 is 2.47 bits per heavy atom. The number of hydrogen-bond donors (Lipinski definition) is 3. The van der Waals surface area contributed by atoms with E-state index in [0.29, 0.717) is 12.8 Å². The average Bonchev–Trinajstić information content (AvgIpc) is 3.43. The molecule has 1 aromatic heterocycles. The van der Waals surface area contributed by atoms with Crippen molar-refractivity contribution in [3.05, 3.63) is 37.8 Å². The minimum atomic E-state index is -3.35. The van der Waals surface area contributed by atoms with E-state index in [0.717, 1.165) is 0 Å². The highest BCUT2D eigenvalue weighted by Gasteiger charge is 2.41. The van der Waals surface area contributed by atoms with Gasteiger partial charge in [0.2, 0.25) is 0 Å². The number of aromatic nitrogens is 2. The fraction of sp³-hybridized carbons (Fsp3) is 0.579. The highest BCUT2D eigenvalue weighted by Crippen LogP contribution is 2.43. The van der Waals surface area contributed by atoms with Crippen molar-refractivity contribution in [1.29, 1.82) is 0 Å². The zero-order valence-electron chi connectivity index (χ0n) is 16.0. The van der Waals surface area contributed by atoms with Gasteiger partial charge < -0.3 is 15.1 Å². The minimum Gasteiger partial charge on any atom is -0.394 e. The molecule has 3 N–H and O–H groups in total. The predicted octanol–water partition coefficient (Wildman–Crippen LogP) is 1.54. The molecule has 2 heterocycles. The summed E-state index contributed by atoms with van der Waals surface area (Å²) < 4.78 is 58.7. The number of alkyl halides is 3. The molecule has 0 radical (unpaired) electrons. The summed E-state index contributed by atoms with van der Waals surface area (Å²) in [7, 11) is 0. The first-order chi connectivity index (χ1) is 14.2. The standard InChI is InChI=1S/C19H21F4N3O4/c1-7-15-13(18(29)24-19(30)26(15)8-2-3-8)12(17(22)23)14(21)16(7)25-4-9(10(20)5-25)11(28)6-27/h8-11,17,27-28H,2-6H2,1H3,(H,24,29,30). The van der Waals surface area contributed by atoms with Crippen LogP contribution < -0.4 is 16.1 Å². The second-order valence-electron chi connectivity index (χ2n) is 7.92. The zero-order valence-corrected chi connectivity index (χ0v) is 16.0. The fourth-order valence-electron chi connectivity index (χ4n) is 4.41. The van der Waals surface area contributed by atoms with Crippen LogP contribution in [0.3, 0.4) is 0 Å². The van der Waals surface area contributed by atoms with Crippen molar-refractivity contribution in [2.24, 2.45) is 5.92 Å². The van der Waals surface area contributed by atoms with Gasteiger partial charge in [-0.3, -0.25) is 14.3 Å². The monoisotopic (exact) mass is 431 g/mol. The lowest BCUT2D eigenvalue weighted by atomic mass is 10.00. The maximum absolute atomic E-state index is 15.3. The number of nitrogens with zero attached hydrogens (tertiary/aromatic N) is 2. The smallest absolute Gasteiger partial charge is 0.329 e. The van der Waals surface area contributed by atoms with E-state index in [4.69, 9.17) is 5.11 Å². The summed E-state index contributed by atoms with van der Waals surface area (Å²) in [6.45, 7) is 0.101. The van der Waals surface area contributed by atoms with Crippen LogP contribution in [0.1, 0.15) is 36.4 Å². The molecule has 7 nitrogen and oxygen atoms in total. The third-order valence-electron chi connectivity index (χ3n) is 5.99. The van der Waals surface area contributed by atoms with Gasteiger partial charge in [-0.25, -0.2) is 22.4 Å². The van der Waals surface area contributed by atoms with Crippen LogP contribution in [0.2, 0.25) is 0 Å². The first-order valence-corrected chi connectivity index (χ1v) is 9.63. The van der Waals surface area contributed by atoms with Crippen LogP contribution in [0.25, 0.3) is 10.9 Å². The van der Waals surface area contributed by atoms with Gasteiger partial charge in [0.25, 0.3) is 12.0 Å². The Labute approximate surface area is 167 Å². The Morgan fingerprint density at radius 1 is 1.23 bits per heavy atom. The maximum Gasteiger partial charge on any atom is 0.329 e. The van der Waals surface area contributed by atoms with Crippen LogP contribution in [0, 0.1) is 18.7 Å². The van der Waals surface area contributed by atoms with Gasteiger partial charge in [0, 0.05) is 30.6 Å². The second-order valence-corrected chi connectivity index (χ2v) is 7.92. The summed E-state index contributed by atoms with van der Waals surface area (Å²) in [4.78, 5) is 28.0. The van der Waals surface area contributed by atoms with E-state index in [2.05, 4.69) is 0 Å². The number of aryl methyl sites for hydroxylation is 1. The quantitative estimate of drug-likeness (QED) is 0.624. The van der Waals surface area contributed by atoms with Crippen molar-refractivity contribution in [1.82, 2.24) is 9.55 Å². The van der Waals surface area contributed by atoms with Crippen molar-refractivity contribution >= 4 is 16.6 Å². The molecule has 0 spiro atoms. The first-order valence-electron chi connectivity index (χ1n) is 9.63. The number of hydrogen-bond acceptors (Lipinski definition) is 5. The molecular weight excluding hydrogens is 410 g/mol. The van der Waals surface area contributed by atoms with E-state index in [-0.39, 0.29) is 35.9 Å². The molecule has 164 valence electrons. The Morgan fingerprint density at radius 2 is 1.90 bits per heavy atom. The number of rotatable bonds is 5. The summed E-state index contributed by atoms with van der Waals surface area (Å²) in [5.74, 6) is -2.39. The number of aromatic amines is 1. The average molecular weight is 431 g/mol. The Balaban J connectivity index is 2.01. The Hall–Kier alpha value is -2.40. The second kappa shape index (κ2) is 7.38. The molecule has 4 rings (SSSR count). The van der Waals surface area contributed by atoms with Crippen LogP contribution in [-0.4, -0.2) is 51.7 Å². The van der Waals surface area contributed by atoms with E-state index in [9.17, 15) is 27.9 Å². The molecular formula is C19H21F4N3O4. The van der Waals surface area contributed by atoms with Crippen LogP contribution >= 0.6 is 0 Å². The number of fused-ring (bicyclic) bond motifs is 1. The lowest BCUT2D eigenvalue weighted by molar-refractivity contribution is 0.0306. The van der Waals surface area contributed by atoms with Gasteiger partial charge in [0.05, 0.1) is 34.9 Å². The van der Waals surface area contributed by atoms with Gasteiger partial charge in [-0.15, -0.1) is 0 Å². The molecule has 1 saturated carbocycles. The summed E-state index contributed by atoms with van der Waals surface area (Å²) in [5, 5.41) is 18.4. The molecule has 0 amide bonds. The van der Waals surface area contributed by atoms with Crippen LogP contribution in [0.4, 0.5) is 23.2 Å². The van der Waals surface area contributed by atoms with Crippen LogP contribution in [0.15, 0.2) is 9.59 Å². The topological polar surface area (TPSA) is 98.6 Å².